The van der Waals surface area contributed by atoms with Crippen molar-refractivity contribution in [2.24, 2.45) is 22.7 Å². The fourth-order valence-electron chi connectivity index (χ4n) is 10.6. The van der Waals surface area contributed by atoms with Gasteiger partial charge in [0.15, 0.2) is 23.6 Å². The van der Waals surface area contributed by atoms with E-state index in [2.05, 4.69) is 11.9 Å². The summed E-state index contributed by atoms with van der Waals surface area (Å²) in [7, 11) is 0. The van der Waals surface area contributed by atoms with E-state index in [-0.39, 0.29) is 37.4 Å². The Labute approximate surface area is 323 Å². The molecule has 310 valence electrons. The summed E-state index contributed by atoms with van der Waals surface area (Å²) in [6.45, 7) is 23.3. The van der Waals surface area contributed by atoms with Crippen LogP contribution in [-0.4, -0.2) is 117 Å². The van der Waals surface area contributed by atoms with Crippen LogP contribution in [0.4, 0.5) is 4.79 Å². The van der Waals surface area contributed by atoms with Gasteiger partial charge in [0.1, 0.15) is 23.9 Å². The van der Waals surface area contributed by atoms with Gasteiger partial charge in [-0.1, -0.05) is 27.4 Å². The number of carbonyl (C=O) groups excluding carboxylic acids is 4. The van der Waals surface area contributed by atoms with Crippen molar-refractivity contribution in [1.82, 2.24) is 5.32 Å². The predicted octanol–water partition coefficient (Wildman–Crippen LogP) is 3.40. The Morgan fingerprint density at radius 3 is 2.15 bits per heavy atom. The van der Waals surface area contributed by atoms with E-state index in [1.807, 2.05) is 20.8 Å². The molecule has 0 radical (unpaired) electrons. The molecule has 2 saturated carbocycles. The summed E-state index contributed by atoms with van der Waals surface area (Å²) in [6.07, 6.45) is -7.27. The van der Waals surface area contributed by atoms with Crippen LogP contribution in [0.25, 0.3) is 0 Å². The van der Waals surface area contributed by atoms with Gasteiger partial charge in [-0.15, -0.1) is 0 Å². The van der Waals surface area contributed by atoms with Gasteiger partial charge in [-0.25, -0.2) is 9.59 Å². The molecule has 4 fully saturated rings. The lowest BCUT2D eigenvalue weighted by atomic mass is 9.49. The average molecular weight is 780 g/mol. The van der Waals surface area contributed by atoms with Crippen molar-refractivity contribution in [3.05, 3.63) is 23.8 Å². The highest BCUT2D eigenvalue weighted by Gasteiger charge is 2.82. The highest BCUT2D eigenvalue weighted by molar-refractivity contribution is 5.78. The maximum absolute atomic E-state index is 14.0. The number of esters is 3. The van der Waals surface area contributed by atoms with E-state index in [4.69, 9.17) is 33.2 Å². The van der Waals surface area contributed by atoms with Gasteiger partial charge in [-0.05, 0) is 78.0 Å². The minimum Gasteiger partial charge on any atom is -0.456 e. The summed E-state index contributed by atoms with van der Waals surface area (Å²) in [5, 5.41) is 39.7. The van der Waals surface area contributed by atoms with Gasteiger partial charge in [0.2, 0.25) is 0 Å². The predicted molar refractivity (Wildman–Crippen MR) is 195 cm³/mol. The molecule has 2 saturated heterocycles. The van der Waals surface area contributed by atoms with Gasteiger partial charge < -0.3 is 53.8 Å². The number of hydrogen-bond donors (Lipinski definition) is 4. The first-order chi connectivity index (χ1) is 25.2. The van der Waals surface area contributed by atoms with E-state index in [1.54, 1.807) is 34.6 Å². The molecule has 2 heterocycles. The maximum Gasteiger partial charge on any atom is 0.407 e. The van der Waals surface area contributed by atoms with Gasteiger partial charge in [0.25, 0.3) is 0 Å². The van der Waals surface area contributed by atoms with Crippen LogP contribution in [0.3, 0.4) is 0 Å². The molecule has 13 atom stereocenters. The van der Waals surface area contributed by atoms with E-state index < -0.39 is 112 Å². The molecular formula is C40H61NO14. The van der Waals surface area contributed by atoms with Crippen LogP contribution in [0.1, 0.15) is 102 Å². The lowest BCUT2D eigenvalue weighted by Gasteiger charge is -2.67. The van der Waals surface area contributed by atoms with Gasteiger partial charge in [0.05, 0.1) is 35.9 Å². The van der Waals surface area contributed by atoms with Gasteiger partial charge >= 0.3 is 24.0 Å². The molecule has 3 aliphatic carbocycles. The van der Waals surface area contributed by atoms with Crippen LogP contribution in [0.15, 0.2) is 23.8 Å². The Bertz CT molecular complexity index is 1600. The van der Waals surface area contributed by atoms with E-state index in [0.29, 0.717) is 5.57 Å². The van der Waals surface area contributed by atoms with Crippen molar-refractivity contribution < 1.29 is 67.7 Å². The van der Waals surface area contributed by atoms with Crippen molar-refractivity contribution in [3.8, 4) is 0 Å². The minimum absolute atomic E-state index is 0.0567. The Morgan fingerprint density at radius 2 is 1.65 bits per heavy atom. The summed E-state index contributed by atoms with van der Waals surface area (Å²) < 4.78 is 43.1. The van der Waals surface area contributed by atoms with Crippen LogP contribution in [0.5, 0.6) is 0 Å². The van der Waals surface area contributed by atoms with Crippen LogP contribution < -0.4 is 5.32 Å². The summed E-state index contributed by atoms with van der Waals surface area (Å²) in [5.41, 5.74) is -8.28. The second-order valence-electron chi connectivity index (χ2n) is 18.4. The molecule has 0 bridgehead atoms. The molecule has 5 rings (SSSR count). The zero-order valence-electron chi connectivity index (χ0n) is 34.2. The molecule has 5 aliphatic rings. The van der Waals surface area contributed by atoms with Gasteiger partial charge in [-0.3, -0.25) is 9.59 Å². The van der Waals surface area contributed by atoms with Crippen LogP contribution in [0.2, 0.25) is 0 Å². The lowest BCUT2D eigenvalue weighted by molar-refractivity contribution is -0.397. The Kier molecular flexibility index (Phi) is 11.3. The van der Waals surface area contributed by atoms with Crippen LogP contribution in [-0.2, 0) is 47.5 Å². The smallest absolute Gasteiger partial charge is 0.407 e. The van der Waals surface area contributed by atoms with E-state index >= 15 is 0 Å². The zero-order chi connectivity index (χ0) is 41.4. The first-order valence-corrected chi connectivity index (χ1v) is 19.1. The van der Waals surface area contributed by atoms with Crippen LogP contribution >= 0.6 is 0 Å². The molecule has 4 N–H and O–H groups in total. The third-order valence-corrected chi connectivity index (χ3v) is 12.4. The number of hydrogen-bond acceptors (Lipinski definition) is 14. The molecule has 0 aromatic rings. The number of fused-ring (bicyclic) bond motifs is 3. The second-order valence-corrected chi connectivity index (χ2v) is 18.4. The molecule has 2 aliphatic heterocycles. The number of carbonyl (C=O) groups is 4. The standard InChI is InChI=1S/C40H61NO14/c1-14-27-51-25-16-26-40(18-49-26,54-22(6)43)30-31(45)39(36(10,11)48)17-24(20(4)29(39)38(13,53-21(5)42)33(52-27)37(25,30)12)50-32(46)28(44)23(15-19(2)3)41-34(47)55-35(7,8)9/h14,19,23-28,30-31,33,44-45,48H,1,15-18H2,2-13H3,(H,41,47)/t23-,24-,25-,26+,27?,28?,30-,31-,33+,37+,38+,39-,40-/m0/s1. The molecule has 15 heteroatoms. The fraction of sp³-hybridized carbons (Fsp3) is 0.800. The van der Waals surface area contributed by atoms with E-state index in [1.165, 1.54) is 33.8 Å². The first kappa shape index (κ1) is 43.1. The van der Waals surface area contributed by atoms with E-state index in [9.17, 15) is 34.5 Å². The number of aliphatic hydroxyl groups is 3. The van der Waals surface area contributed by atoms with Crippen molar-refractivity contribution in [2.45, 2.75) is 174 Å². The molecule has 0 aromatic carbocycles. The number of aliphatic hydroxyl groups excluding tert-OH is 2. The third-order valence-electron chi connectivity index (χ3n) is 12.4. The normalized spacial score (nSPS) is 39.2. The molecule has 2 unspecified atom stereocenters. The summed E-state index contributed by atoms with van der Waals surface area (Å²) in [4.78, 5) is 52.8. The molecular weight excluding hydrogens is 718 g/mol. The highest BCUT2D eigenvalue weighted by Crippen LogP contribution is 2.71. The van der Waals surface area contributed by atoms with Crippen molar-refractivity contribution in [3.63, 3.8) is 0 Å². The lowest BCUT2D eigenvalue weighted by Crippen LogP contribution is -2.80. The van der Waals surface area contributed by atoms with Gasteiger partial charge in [0, 0.05) is 38.0 Å². The molecule has 0 aromatic heterocycles. The molecule has 0 spiro atoms. The summed E-state index contributed by atoms with van der Waals surface area (Å²) >= 11 is 0. The maximum atomic E-state index is 14.0. The zero-order valence-corrected chi connectivity index (χ0v) is 34.2. The Balaban J connectivity index is 1.69. The minimum atomic E-state index is -1.84. The topological polar surface area (TPSA) is 206 Å². The third kappa shape index (κ3) is 7.00. The monoisotopic (exact) mass is 779 g/mol. The average Bonchev–Trinajstić information content (AvgIpc) is 3.31. The summed E-state index contributed by atoms with van der Waals surface area (Å²) in [6, 6.07) is -1.09. The molecule has 1 amide bonds. The van der Waals surface area contributed by atoms with Crippen LogP contribution in [0, 0.1) is 22.7 Å². The quantitative estimate of drug-likeness (QED) is 0.143. The van der Waals surface area contributed by atoms with Crippen molar-refractivity contribution in [2.75, 3.05) is 6.61 Å². The molecule has 15 nitrogen and oxygen atoms in total. The number of alkyl carbamates (subject to hydrolysis) is 1. The highest BCUT2D eigenvalue weighted by atomic mass is 16.7. The first-order valence-electron chi connectivity index (χ1n) is 19.1. The Morgan fingerprint density at radius 1 is 1.04 bits per heavy atom. The van der Waals surface area contributed by atoms with E-state index in [0.717, 1.165) is 0 Å². The summed E-state index contributed by atoms with van der Waals surface area (Å²) in [5.74, 6) is -3.49. The number of nitrogens with one attached hydrogen (secondary N) is 1. The largest absolute Gasteiger partial charge is 0.456 e. The number of ether oxygens (including phenoxy) is 7. The fourth-order valence-corrected chi connectivity index (χ4v) is 10.6. The molecule has 55 heavy (non-hydrogen) atoms. The second kappa shape index (κ2) is 14.4. The number of rotatable bonds is 10. The Hall–Kier alpha value is -3.08. The van der Waals surface area contributed by atoms with Crippen molar-refractivity contribution >= 4 is 24.0 Å². The van der Waals surface area contributed by atoms with Gasteiger partial charge in [-0.2, -0.15) is 0 Å². The van der Waals surface area contributed by atoms with Crippen molar-refractivity contribution in [1.29, 1.82) is 0 Å². The number of amides is 1. The SMILES string of the molecule is C=CC1O[C@H]2C[C@H]3OC[C@@]3(OC(C)=O)[C@H]3[C@H](O)[C@]4(C(C)(C)O)C[C@H](OC(=O)C(O)[C@H](CC(C)C)NC(=O)OC(C)(C)C)C(C)=C4[C@@](C)(OC(C)=O)[C@H](O1)[C@]23C.